The van der Waals surface area contributed by atoms with E-state index in [-0.39, 0.29) is 11.3 Å². The van der Waals surface area contributed by atoms with Crippen LogP contribution in [0, 0.1) is 5.92 Å². The molecule has 1 fully saturated rings. The summed E-state index contributed by atoms with van der Waals surface area (Å²) in [7, 11) is 0. The molecule has 1 saturated heterocycles. The Morgan fingerprint density at radius 1 is 1.08 bits per heavy atom. The van der Waals surface area contributed by atoms with Crippen molar-refractivity contribution in [2.75, 3.05) is 18.1 Å². The number of ketones is 1. The highest BCUT2D eigenvalue weighted by molar-refractivity contribution is 7.22. The molecule has 0 aliphatic carbocycles. The number of anilines is 1. The zero-order valence-corrected chi connectivity index (χ0v) is 22.1. The molecule has 3 heterocycles. The Balaban J connectivity index is 1.62. The van der Waals surface area contributed by atoms with Gasteiger partial charge < -0.3 is 14.6 Å². The van der Waals surface area contributed by atoms with Crippen molar-refractivity contribution >= 4 is 44.1 Å². The first-order valence-electron chi connectivity index (χ1n) is 12.3. The number of aromatic nitrogens is 2. The number of benzene rings is 2. The van der Waals surface area contributed by atoms with Gasteiger partial charge in [-0.2, -0.15) is 0 Å². The predicted molar refractivity (Wildman–Crippen MR) is 147 cm³/mol. The molecule has 0 saturated carbocycles. The molecular weight excluding hydrogens is 502 g/mol. The summed E-state index contributed by atoms with van der Waals surface area (Å²) >= 11 is 1.28. The minimum absolute atomic E-state index is 0.0294. The Hall–Kier alpha value is -4.24. The van der Waals surface area contributed by atoms with Crippen LogP contribution in [-0.4, -0.2) is 40.0 Å². The third-order valence-corrected chi connectivity index (χ3v) is 7.02. The number of thiazole rings is 1. The monoisotopic (exact) mass is 529 g/mol. The Morgan fingerprint density at radius 3 is 2.63 bits per heavy atom. The van der Waals surface area contributed by atoms with E-state index in [1.165, 1.54) is 16.2 Å². The lowest BCUT2D eigenvalue weighted by Gasteiger charge is -2.22. The minimum atomic E-state index is -0.907. The maximum absolute atomic E-state index is 13.5. The van der Waals surface area contributed by atoms with Gasteiger partial charge in [0.15, 0.2) is 5.13 Å². The summed E-state index contributed by atoms with van der Waals surface area (Å²) in [5, 5.41) is 11.8. The van der Waals surface area contributed by atoms with Gasteiger partial charge in [-0.05, 0) is 54.8 Å². The molecule has 9 heteroatoms. The van der Waals surface area contributed by atoms with Crippen molar-refractivity contribution in [3.05, 3.63) is 83.7 Å². The molecule has 1 amide bonds. The number of hydrogen-bond acceptors (Lipinski definition) is 8. The molecule has 4 aromatic rings. The first-order chi connectivity index (χ1) is 18.4. The molecule has 0 radical (unpaired) electrons. The topological polar surface area (TPSA) is 102 Å². The molecule has 2 aromatic heterocycles. The van der Waals surface area contributed by atoms with Crippen LogP contribution >= 0.6 is 11.3 Å². The lowest BCUT2D eigenvalue weighted by molar-refractivity contribution is -0.132. The Labute approximate surface area is 224 Å². The SMILES string of the molecule is CCOc1ccc2nc(N3C(=O)C(=O)/C(=C(/O)c4cccc(OCC(C)C)c4)C3c3cccnc3)sc2c1. The highest BCUT2D eigenvalue weighted by atomic mass is 32.1. The van der Waals surface area contributed by atoms with E-state index in [9.17, 15) is 14.7 Å². The number of carbonyl (C=O) groups is 2. The fourth-order valence-corrected chi connectivity index (χ4v) is 5.31. The Bertz CT molecular complexity index is 1530. The summed E-state index contributed by atoms with van der Waals surface area (Å²) in [4.78, 5) is 37.1. The maximum Gasteiger partial charge on any atom is 0.301 e. The van der Waals surface area contributed by atoms with Crippen LogP contribution in [0.2, 0.25) is 0 Å². The summed E-state index contributed by atoms with van der Waals surface area (Å²) < 4.78 is 12.2. The maximum atomic E-state index is 13.5. The van der Waals surface area contributed by atoms with Gasteiger partial charge in [0.25, 0.3) is 5.78 Å². The average molecular weight is 530 g/mol. The fourth-order valence-electron chi connectivity index (χ4n) is 4.29. The van der Waals surface area contributed by atoms with Crippen LogP contribution in [0.3, 0.4) is 0 Å². The van der Waals surface area contributed by atoms with Gasteiger partial charge >= 0.3 is 5.91 Å². The summed E-state index contributed by atoms with van der Waals surface area (Å²) in [6.07, 6.45) is 3.19. The molecule has 1 atom stereocenters. The van der Waals surface area contributed by atoms with Crippen LogP contribution in [0.25, 0.3) is 16.0 Å². The smallest absolute Gasteiger partial charge is 0.301 e. The highest BCUT2D eigenvalue weighted by Gasteiger charge is 2.48. The number of hydrogen-bond donors (Lipinski definition) is 1. The number of nitrogens with zero attached hydrogens (tertiary/aromatic N) is 3. The van der Waals surface area contributed by atoms with Crippen LogP contribution in [-0.2, 0) is 9.59 Å². The van der Waals surface area contributed by atoms with Crippen molar-refractivity contribution < 1.29 is 24.2 Å². The average Bonchev–Trinajstić information content (AvgIpc) is 3.45. The molecule has 38 heavy (non-hydrogen) atoms. The van der Waals surface area contributed by atoms with Crippen molar-refractivity contribution in [1.29, 1.82) is 0 Å². The van der Waals surface area contributed by atoms with Crippen LogP contribution in [0.5, 0.6) is 11.5 Å². The first-order valence-corrected chi connectivity index (χ1v) is 13.2. The predicted octanol–water partition coefficient (Wildman–Crippen LogP) is 5.75. The van der Waals surface area contributed by atoms with Crippen LogP contribution < -0.4 is 14.4 Å². The molecule has 194 valence electrons. The van der Waals surface area contributed by atoms with E-state index in [0.717, 1.165) is 4.70 Å². The third-order valence-electron chi connectivity index (χ3n) is 6.00. The van der Waals surface area contributed by atoms with E-state index in [1.54, 1.807) is 48.8 Å². The van der Waals surface area contributed by atoms with E-state index in [2.05, 4.69) is 9.97 Å². The summed E-state index contributed by atoms with van der Waals surface area (Å²) in [5.74, 6) is -0.265. The van der Waals surface area contributed by atoms with Crippen molar-refractivity contribution in [3.8, 4) is 11.5 Å². The second-order valence-corrected chi connectivity index (χ2v) is 10.3. The van der Waals surface area contributed by atoms with Gasteiger partial charge in [-0.25, -0.2) is 4.98 Å². The summed E-state index contributed by atoms with van der Waals surface area (Å²) in [5.41, 5.74) is 1.60. The van der Waals surface area contributed by atoms with Gasteiger partial charge in [0, 0.05) is 18.0 Å². The van der Waals surface area contributed by atoms with E-state index < -0.39 is 17.7 Å². The first kappa shape index (κ1) is 25.4. The Morgan fingerprint density at radius 2 is 1.89 bits per heavy atom. The minimum Gasteiger partial charge on any atom is -0.507 e. The van der Waals surface area contributed by atoms with Crippen LogP contribution in [0.4, 0.5) is 5.13 Å². The summed E-state index contributed by atoms with van der Waals surface area (Å²) in [6.45, 7) is 7.02. The van der Waals surface area contributed by atoms with Gasteiger partial charge in [-0.1, -0.05) is 43.4 Å². The van der Waals surface area contributed by atoms with Crippen LogP contribution in [0.15, 0.2) is 72.6 Å². The normalized spacial score (nSPS) is 16.9. The van der Waals surface area contributed by atoms with Gasteiger partial charge in [0.1, 0.15) is 17.3 Å². The van der Waals surface area contributed by atoms with Gasteiger partial charge in [-0.3, -0.25) is 19.5 Å². The number of aliphatic hydroxyl groups excluding tert-OH is 1. The van der Waals surface area contributed by atoms with Gasteiger partial charge in [0.2, 0.25) is 0 Å². The molecule has 5 rings (SSSR count). The molecule has 1 N–H and O–H groups in total. The molecular formula is C29H27N3O5S. The van der Waals surface area contributed by atoms with Crippen molar-refractivity contribution in [3.63, 3.8) is 0 Å². The number of rotatable bonds is 8. The van der Waals surface area contributed by atoms with Gasteiger partial charge in [0.05, 0.1) is 35.0 Å². The van der Waals surface area contributed by atoms with Crippen molar-refractivity contribution in [2.45, 2.75) is 26.8 Å². The zero-order valence-electron chi connectivity index (χ0n) is 21.2. The summed E-state index contributed by atoms with van der Waals surface area (Å²) in [6, 6.07) is 15.0. The van der Waals surface area contributed by atoms with E-state index in [4.69, 9.17) is 9.47 Å². The quantitative estimate of drug-likeness (QED) is 0.176. The number of amides is 1. The Kier molecular flexibility index (Phi) is 7.11. The number of fused-ring (bicyclic) bond motifs is 1. The van der Waals surface area contributed by atoms with E-state index in [1.807, 2.05) is 39.0 Å². The number of carbonyl (C=O) groups excluding carboxylic acids is 2. The number of Topliss-reactive ketones (excluding diaryl/α,β-unsaturated/α-hetero) is 1. The van der Waals surface area contributed by atoms with Gasteiger partial charge in [-0.15, -0.1) is 0 Å². The largest absolute Gasteiger partial charge is 0.507 e. The zero-order chi connectivity index (χ0) is 26.8. The molecule has 1 aliphatic rings. The molecule has 2 aromatic carbocycles. The second kappa shape index (κ2) is 10.6. The highest BCUT2D eigenvalue weighted by Crippen LogP contribution is 2.44. The molecule has 8 nitrogen and oxygen atoms in total. The molecule has 1 aliphatic heterocycles. The molecule has 0 bridgehead atoms. The third kappa shape index (κ3) is 4.84. The number of aliphatic hydroxyl groups is 1. The lowest BCUT2D eigenvalue weighted by atomic mass is 9.96. The number of pyridine rings is 1. The van der Waals surface area contributed by atoms with E-state index >= 15 is 0 Å². The molecule has 0 spiro atoms. The number of ether oxygens (including phenoxy) is 2. The van der Waals surface area contributed by atoms with Crippen molar-refractivity contribution in [1.82, 2.24) is 9.97 Å². The van der Waals surface area contributed by atoms with Crippen LogP contribution in [0.1, 0.15) is 37.9 Å². The standard InChI is InChI=1S/C29H27N3O5S/c1-4-36-21-10-11-22-23(14-21)38-29(31-22)32-25(19-8-6-12-30-15-19)24(27(34)28(32)35)26(33)18-7-5-9-20(13-18)37-16-17(2)3/h5-15,17,25,33H,4,16H2,1-3H3/b26-24+. The van der Waals surface area contributed by atoms with E-state index in [0.29, 0.717) is 52.4 Å². The van der Waals surface area contributed by atoms with Crippen molar-refractivity contribution in [2.24, 2.45) is 5.92 Å². The lowest BCUT2D eigenvalue weighted by Crippen LogP contribution is -2.29. The fraction of sp³-hybridized carbons (Fsp3) is 0.241. The second-order valence-electron chi connectivity index (χ2n) is 9.25. The molecule has 1 unspecified atom stereocenters.